The highest BCUT2D eigenvalue weighted by Crippen LogP contribution is 2.27. The molecular weight excluding hydrogens is 276 g/mol. The van der Waals surface area contributed by atoms with Crippen LogP contribution in [0.3, 0.4) is 0 Å². The van der Waals surface area contributed by atoms with Gasteiger partial charge in [-0.05, 0) is 24.1 Å². The van der Waals surface area contributed by atoms with Crippen molar-refractivity contribution in [2.45, 2.75) is 12.8 Å². The summed E-state index contributed by atoms with van der Waals surface area (Å²) in [6, 6.07) is 4.71. The lowest BCUT2D eigenvalue weighted by molar-refractivity contribution is -0.136. The lowest BCUT2D eigenvalue weighted by Crippen LogP contribution is -2.53. The van der Waals surface area contributed by atoms with E-state index >= 15 is 0 Å². The Balaban J connectivity index is 2.04. The normalized spacial score (nSPS) is 15.0. The summed E-state index contributed by atoms with van der Waals surface area (Å²) in [7, 11) is 3.08. The monoisotopic (exact) mass is 292 g/mol. The number of rotatable bonds is 5. The van der Waals surface area contributed by atoms with Gasteiger partial charge in [0.25, 0.3) is 0 Å². The fourth-order valence-electron chi connectivity index (χ4n) is 2.08. The second-order valence-corrected chi connectivity index (χ2v) is 4.51. The van der Waals surface area contributed by atoms with Gasteiger partial charge in [-0.25, -0.2) is 4.79 Å². The van der Waals surface area contributed by atoms with Crippen LogP contribution in [0.1, 0.15) is 12.0 Å². The number of hydrogen-bond acceptors (Lipinski definition) is 5. The summed E-state index contributed by atoms with van der Waals surface area (Å²) in [6.07, 6.45) is 0.172. The van der Waals surface area contributed by atoms with Crippen LogP contribution in [-0.4, -0.2) is 43.5 Å². The minimum atomic E-state index is -0.670. The summed E-state index contributed by atoms with van der Waals surface area (Å²) < 4.78 is 10.3. The topological polar surface area (TPSA) is 84.9 Å². The van der Waals surface area contributed by atoms with Gasteiger partial charge in [0.2, 0.25) is 11.8 Å². The molecule has 4 amide bonds. The smallest absolute Gasteiger partial charge is 0.330 e. The van der Waals surface area contributed by atoms with E-state index in [-0.39, 0.29) is 13.0 Å². The third-order valence-electron chi connectivity index (χ3n) is 3.18. The molecule has 7 heteroatoms. The zero-order valence-electron chi connectivity index (χ0n) is 11.8. The fourth-order valence-corrected chi connectivity index (χ4v) is 2.08. The number of carbonyl (C=O) groups is 3. The van der Waals surface area contributed by atoms with Crippen molar-refractivity contribution in [3.8, 4) is 11.5 Å². The van der Waals surface area contributed by atoms with Crippen molar-refractivity contribution in [1.29, 1.82) is 0 Å². The Morgan fingerprint density at radius 3 is 2.48 bits per heavy atom. The standard InChI is InChI=1S/C14H16N2O5/c1-20-10-4-3-9(7-11(10)21-2)5-6-16-13(18)8-12(17)15-14(16)19/h3-4,7H,5-6,8H2,1-2H3,(H,15,17,19). The van der Waals surface area contributed by atoms with Crippen molar-refractivity contribution in [3.63, 3.8) is 0 Å². The number of methoxy groups -OCH3 is 2. The van der Waals surface area contributed by atoms with Gasteiger partial charge in [-0.1, -0.05) is 6.07 Å². The van der Waals surface area contributed by atoms with Crippen LogP contribution < -0.4 is 14.8 Å². The quantitative estimate of drug-likeness (QED) is 0.808. The number of ether oxygens (including phenoxy) is 2. The molecule has 1 saturated heterocycles. The molecule has 1 aliphatic heterocycles. The molecule has 21 heavy (non-hydrogen) atoms. The van der Waals surface area contributed by atoms with Gasteiger partial charge >= 0.3 is 6.03 Å². The Kier molecular flexibility index (Phi) is 4.42. The molecule has 0 unspecified atom stereocenters. The van der Waals surface area contributed by atoms with Gasteiger partial charge in [-0.15, -0.1) is 0 Å². The van der Waals surface area contributed by atoms with Crippen LogP contribution in [0.5, 0.6) is 11.5 Å². The van der Waals surface area contributed by atoms with E-state index in [2.05, 4.69) is 5.32 Å². The molecule has 1 fully saturated rings. The molecule has 2 rings (SSSR count). The summed E-state index contributed by atoms with van der Waals surface area (Å²) in [6.45, 7) is 0.202. The minimum Gasteiger partial charge on any atom is -0.493 e. The second kappa shape index (κ2) is 6.25. The summed E-state index contributed by atoms with van der Waals surface area (Å²) in [5.74, 6) is 0.148. The van der Waals surface area contributed by atoms with Gasteiger partial charge < -0.3 is 9.47 Å². The number of amides is 4. The lowest BCUT2D eigenvalue weighted by Gasteiger charge is -2.24. The number of urea groups is 1. The van der Waals surface area contributed by atoms with Crippen molar-refractivity contribution < 1.29 is 23.9 Å². The first kappa shape index (κ1) is 14.8. The maximum atomic E-state index is 11.7. The number of barbiturate groups is 1. The van der Waals surface area contributed by atoms with Crippen molar-refractivity contribution >= 4 is 17.8 Å². The molecule has 0 aliphatic carbocycles. The number of benzene rings is 1. The summed E-state index contributed by atoms with van der Waals surface area (Å²) in [4.78, 5) is 35.3. The number of hydrogen-bond donors (Lipinski definition) is 1. The van der Waals surface area contributed by atoms with E-state index in [1.165, 1.54) is 7.11 Å². The number of nitrogens with zero attached hydrogens (tertiary/aromatic N) is 1. The molecule has 0 saturated carbocycles. The molecule has 0 atom stereocenters. The van der Waals surface area contributed by atoms with E-state index in [1.807, 2.05) is 6.07 Å². The van der Waals surface area contributed by atoms with Crippen molar-refractivity contribution in [2.75, 3.05) is 20.8 Å². The van der Waals surface area contributed by atoms with Crippen LogP contribution in [0.2, 0.25) is 0 Å². The number of carbonyl (C=O) groups excluding carboxylic acids is 3. The molecule has 7 nitrogen and oxygen atoms in total. The van der Waals surface area contributed by atoms with Gasteiger partial charge in [0.05, 0.1) is 14.2 Å². The predicted molar refractivity (Wildman–Crippen MR) is 73.1 cm³/mol. The van der Waals surface area contributed by atoms with Gasteiger partial charge in [0, 0.05) is 6.54 Å². The van der Waals surface area contributed by atoms with Crippen LogP contribution >= 0.6 is 0 Å². The van der Waals surface area contributed by atoms with Gasteiger partial charge in [-0.3, -0.25) is 19.8 Å². The largest absolute Gasteiger partial charge is 0.493 e. The maximum Gasteiger partial charge on any atom is 0.330 e. The van der Waals surface area contributed by atoms with Gasteiger partial charge in [-0.2, -0.15) is 0 Å². The molecule has 1 N–H and O–H groups in total. The van der Waals surface area contributed by atoms with Crippen molar-refractivity contribution in [3.05, 3.63) is 23.8 Å². The highest BCUT2D eigenvalue weighted by Gasteiger charge is 2.30. The lowest BCUT2D eigenvalue weighted by atomic mass is 10.1. The third kappa shape index (κ3) is 3.31. The Morgan fingerprint density at radius 1 is 1.14 bits per heavy atom. The van der Waals surface area contributed by atoms with Crippen LogP contribution in [0.15, 0.2) is 18.2 Å². The van der Waals surface area contributed by atoms with E-state index in [4.69, 9.17) is 9.47 Å². The van der Waals surface area contributed by atoms with E-state index < -0.39 is 17.8 Å². The molecule has 0 aromatic heterocycles. The molecule has 112 valence electrons. The molecule has 1 heterocycles. The zero-order chi connectivity index (χ0) is 15.4. The molecule has 1 aromatic carbocycles. The molecule has 0 radical (unpaired) electrons. The molecule has 0 spiro atoms. The minimum absolute atomic E-state index is 0.202. The molecule has 1 aromatic rings. The van der Waals surface area contributed by atoms with Gasteiger partial charge in [0.15, 0.2) is 11.5 Å². The van der Waals surface area contributed by atoms with E-state index in [1.54, 1.807) is 19.2 Å². The first-order chi connectivity index (χ1) is 10.0. The Bertz CT molecular complexity index is 565. The highest BCUT2D eigenvalue weighted by atomic mass is 16.5. The Hall–Kier alpha value is -2.57. The highest BCUT2D eigenvalue weighted by molar-refractivity contribution is 6.14. The third-order valence-corrected chi connectivity index (χ3v) is 3.18. The number of nitrogens with one attached hydrogen (secondary N) is 1. The van der Waals surface area contributed by atoms with E-state index in [0.29, 0.717) is 17.9 Å². The molecule has 1 aliphatic rings. The second-order valence-electron chi connectivity index (χ2n) is 4.51. The molecule has 0 bridgehead atoms. The average molecular weight is 292 g/mol. The predicted octanol–water partition coefficient (Wildman–Crippen LogP) is 0.715. The Morgan fingerprint density at radius 2 is 1.86 bits per heavy atom. The van der Waals surface area contributed by atoms with Crippen LogP contribution in [-0.2, 0) is 16.0 Å². The van der Waals surface area contributed by atoms with Crippen molar-refractivity contribution in [2.24, 2.45) is 0 Å². The van der Waals surface area contributed by atoms with Crippen molar-refractivity contribution in [1.82, 2.24) is 10.2 Å². The van der Waals surface area contributed by atoms with E-state index in [9.17, 15) is 14.4 Å². The fraction of sp³-hybridized carbons (Fsp3) is 0.357. The SMILES string of the molecule is COc1ccc(CCN2C(=O)CC(=O)NC2=O)cc1OC. The van der Waals surface area contributed by atoms with Crippen LogP contribution in [0.25, 0.3) is 0 Å². The summed E-state index contributed by atoms with van der Waals surface area (Å²) in [5.41, 5.74) is 0.894. The molecular formula is C14H16N2O5. The first-order valence-electron chi connectivity index (χ1n) is 6.40. The summed E-state index contributed by atoms with van der Waals surface area (Å²) >= 11 is 0. The van der Waals surface area contributed by atoms with Crippen LogP contribution in [0.4, 0.5) is 4.79 Å². The van der Waals surface area contributed by atoms with Crippen LogP contribution in [0, 0.1) is 0 Å². The average Bonchev–Trinajstić information content (AvgIpc) is 2.45. The van der Waals surface area contributed by atoms with Gasteiger partial charge in [0.1, 0.15) is 6.42 Å². The first-order valence-corrected chi connectivity index (χ1v) is 6.40. The zero-order valence-corrected chi connectivity index (χ0v) is 11.8. The van der Waals surface area contributed by atoms with E-state index in [0.717, 1.165) is 10.5 Å². The Labute approximate surface area is 121 Å². The summed E-state index contributed by atoms with van der Waals surface area (Å²) in [5, 5.41) is 2.12. The maximum absolute atomic E-state index is 11.7. The number of imide groups is 2.